The zero-order chi connectivity index (χ0) is 11.3. The first kappa shape index (κ1) is 11.5. The Labute approximate surface area is 89.4 Å². The molecule has 1 aromatic rings. The van der Waals surface area contributed by atoms with Crippen LogP contribution in [0, 0.1) is 0 Å². The van der Waals surface area contributed by atoms with E-state index in [4.69, 9.17) is 10.5 Å². The summed E-state index contributed by atoms with van der Waals surface area (Å²) in [7, 11) is 3.20. The van der Waals surface area contributed by atoms with Crippen molar-refractivity contribution in [2.24, 2.45) is 5.73 Å². The molecule has 0 radical (unpaired) electrons. The number of methoxy groups -OCH3 is 1. The van der Waals surface area contributed by atoms with E-state index in [1.807, 2.05) is 24.3 Å². The molecular weight excluding hydrogens is 192 g/mol. The number of hydrogen-bond donors (Lipinski definition) is 2. The first-order valence-electron chi connectivity index (χ1n) is 4.77. The first-order valence-corrected chi connectivity index (χ1v) is 4.77. The topological polar surface area (TPSA) is 64.4 Å². The van der Waals surface area contributed by atoms with Gasteiger partial charge in [0.1, 0.15) is 5.75 Å². The lowest BCUT2D eigenvalue weighted by Gasteiger charge is -2.10. The van der Waals surface area contributed by atoms with Crippen molar-refractivity contribution in [3.8, 4) is 5.75 Å². The number of ether oxygens (including phenoxy) is 1. The second-order valence-electron chi connectivity index (χ2n) is 3.27. The molecule has 0 fully saturated rings. The Hall–Kier alpha value is -1.55. The van der Waals surface area contributed by atoms with Crippen molar-refractivity contribution in [2.75, 3.05) is 14.2 Å². The predicted octanol–water partition coefficient (Wildman–Crippen LogP) is 0.311. The molecule has 4 nitrogen and oxygen atoms in total. The molecule has 0 aliphatic heterocycles. The van der Waals surface area contributed by atoms with Crippen LogP contribution in [0.4, 0.5) is 0 Å². The van der Waals surface area contributed by atoms with Crippen LogP contribution in [0.3, 0.4) is 0 Å². The van der Waals surface area contributed by atoms with E-state index in [2.05, 4.69) is 5.32 Å². The number of carbonyl (C=O) groups is 1. The van der Waals surface area contributed by atoms with Gasteiger partial charge < -0.3 is 15.8 Å². The van der Waals surface area contributed by atoms with Gasteiger partial charge in [0, 0.05) is 7.05 Å². The molecule has 4 heteroatoms. The van der Waals surface area contributed by atoms with Gasteiger partial charge in [0.15, 0.2) is 0 Å². The molecule has 3 N–H and O–H groups in total. The van der Waals surface area contributed by atoms with Crippen molar-refractivity contribution < 1.29 is 9.53 Å². The van der Waals surface area contributed by atoms with Gasteiger partial charge in [-0.1, -0.05) is 12.1 Å². The monoisotopic (exact) mass is 208 g/mol. The molecule has 15 heavy (non-hydrogen) atoms. The van der Waals surface area contributed by atoms with Gasteiger partial charge in [-0.15, -0.1) is 0 Å². The van der Waals surface area contributed by atoms with Crippen LogP contribution in [-0.4, -0.2) is 26.1 Å². The minimum absolute atomic E-state index is 0.147. The lowest BCUT2D eigenvalue weighted by molar-refractivity contribution is -0.121. The van der Waals surface area contributed by atoms with Crippen LogP contribution in [-0.2, 0) is 11.2 Å². The molecular formula is C11H16N2O2. The van der Waals surface area contributed by atoms with Crippen LogP contribution in [0.15, 0.2) is 24.3 Å². The molecule has 1 rings (SSSR count). The fourth-order valence-corrected chi connectivity index (χ4v) is 1.29. The van der Waals surface area contributed by atoms with Crippen LogP contribution in [0.25, 0.3) is 0 Å². The standard InChI is InChI=1S/C11H16N2O2/c1-13-11(14)10(12)7-8-3-5-9(15-2)6-4-8/h3-6,10H,7,12H2,1-2H3,(H,13,14). The van der Waals surface area contributed by atoms with Gasteiger partial charge in [0.05, 0.1) is 13.2 Å². The third-order valence-electron chi connectivity index (χ3n) is 2.20. The number of nitrogens with one attached hydrogen (secondary N) is 1. The van der Waals surface area contributed by atoms with Crippen LogP contribution >= 0.6 is 0 Å². The van der Waals surface area contributed by atoms with Gasteiger partial charge in [0.2, 0.25) is 5.91 Å². The van der Waals surface area contributed by atoms with Gasteiger partial charge >= 0.3 is 0 Å². The summed E-state index contributed by atoms with van der Waals surface area (Å²) in [6, 6.07) is 7.02. The molecule has 1 aromatic carbocycles. The Kier molecular flexibility index (Phi) is 4.12. The van der Waals surface area contributed by atoms with E-state index in [9.17, 15) is 4.79 Å². The van der Waals surface area contributed by atoms with E-state index in [-0.39, 0.29) is 5.91 Å². The zero-order valence-electron chi connectivity index (χ0n) is 8.99. The molecule has 82 valence electrons. The number of hydrogen-bond acceptors (Lipinski definition) is 3. The van der Waals surface area contributed by atoms with E-state index in [0.717, 1.165) is 11.3 Å². The smallest absolute Gasteiger partial charge is 0.237 e. The van der Waals surface area contributed by atoms with Gasteiger partial charge in [-0.2, -0.15) is 0 Å². The summed E-state index contributed by atoms with van der Waals surface area (Å²) in [5, 5.41) is 2.52. The summed E-state index contributed by atoms with van der Waals surface area (Å²) in [5.41, 5.74) is 6.71. The average molecular weight is 208 g/mol. The molecule has 0 aliphatic rings. The summed E-state index contributed by atoms with van der Waals surface area (Å²) in [6.07, 6.45) is 0.531. The summed E-state index contributed by atoms with van der Waals surface area (Å²) in [6.45, 7) is 0. The highest BCUT2D eigenvalue weighted by Crippen LogP contribution is 2.12. The van der Waals surface area contributed by atoms with Crippen molar-refractivity contribution in [3.05, 3.63) is 29.8 Å². The van der Waals surface area contributed by atoms with Gasteiger partial charge in [-0.3, -0.25) is 4.79 Å². The molecule has 0 saturated heterocycles. The Bertz CT molecular complexity index is 322. The lowest BCUT2D eigenvalue weighted by Crippen LogP contribution is -2.40. The fourth-order valence-electron chi connectivity index (χ4n) is 1.29. The normalized spacial score (nSPS) is 11.9. The van der Waals surface area contributed by atoms with E-state index in [0.29, 0.717) is 6.42 Å². The average Bonchev–Trinajstić information content (AvgIpc) is 2.29. The van der Waals surface area contributed by atoms with Crippen LogP contribution in [0.2, 0.25) is 0 Å². The van der Waals surface area contributed by atoms with Crippen molar-refractivity contribution in [1.29, 1.82) is 0 Å². The van der Waals surface area contributed by atoms with Gasteiger partial charge in [-0.05, 0) is 24.1 Å². The van der Waals surface area contributed by atoms with Crippen molar-refractivity contribution in [1.82, 2.24) is 5.32 Å². The summed E-state index contributed by atoms with van der Waals surface area (Å²) in [5.74, 6) is 0.651. The second-order valence-corrected chi connectivity index (χ2v) is 3.27. The fraction of sp³-hybridized carbons (Fsp3) is 0.364. The molecule has 1 unspecified atom stereocenters. The van der Waals surface area contributed by atoms with E-state index in [1.54, 1.807) is 14.2 Å². The third kappa shape index (κ3) is 3.25. The molecule has 0 bridgehead atoms. The number of rotatable bonds is 4. The number of likely N-dealkylation sites (N-methyl/N-ethyl adjacent to an activating group) is 1. The van der Waals surface area contributed by atoms with Crippen LogP contribution < -0.4 is 15.8 Å². The first-order chi connectivity index (χ1) is 7.17. The highest BCUT2D eigenvalue weighted by Gasteiger charge is 2.11. The number of carbonyl (C=O) groups excluding carboxylic acids is 1. The van der Waals surface area contributed by atoms with Crippen molar-refractivity contribution >= 4 is 5.91 Å². The van der Waals surface area contributed by atoms with Crippen molar-refractivity contribution in [3.63, 3.8) is 0 Å². The molecule has 0 aliphatic carbocycles. The SMILES string of the molecule is CNC(=O)C(N)Cc1ccc(OC)cc1. The van der Waals surface area contributed by atoms with Crippen molar-refractivity contribution in [2.45, 2.75) is 12.5 Å². The Morgan fingerprint density at radius 2 is 2.07 bits per heavy atom. The Balaban J connectivity index is 2.60. The quantitative estimate of drug-likeness (QED) is 0.748. The van der Waals surface area contributed by atoms with E-state index in [1.165, 1.54) is 0 Å². The summed E-state index contributed by atoms with van der Waals surface area (Å²) >= 11 is 0. The van der Waals surface area contributed by atoms with Crippen LogP contribution in [0.1, 0.15) is 5.56 Å². The highest BCUT2D eigenvalue weighted by atomic mass is 16.5. The van der Waals surface area contributed by atoms with Gasteiger partial charge in [0.25, 0.3) is 0 Å². The van der Waals surface area contributed by atoms with E-state index < -0.39 is 6.04 Å². The number of benzene rings is 1. The lowest BCUT2D eigenvalue weighted by atomic mass is 10.1. The van der Waals surface area contributed by atoms with E-state index >= 15 is 0 Å². The summed E-state index contributed by atoms with van der Waals surface area (Å²) in [4.78, 5) is 11.2. The minimum atomic E-state index is -0.497. The molecule has 0 aromatic heterocycles. The molecule has 0 spiro atoms. The molecule has 0 saturated carbocycles. The Morgan fingerprint density at radius 3 is 2.53 bits per heavy atom. The van der Waals surface area contributed by atoms with Crippen LogP contribution in [0.5, 0.6) is 5.75 Å². The maximum Gasteiger partial charge on any atom is 0.237 e. The minimum Gasteiger partial charge on any atom is -0.497 e. The largest absolute Gasteiger partial charge is 0.497 e. The zero-order valence-corrected chi connectivity index (χ0v) is 8.99. The third-order valence-corrected chi connectivity index (χ3v) is 2.20. The molecule has 1 amide bonds. The highest BCUT2D eigenvalue weighted by molar-refractivity contribution is 5.81. The predicted molar refractivity (Wildman–Crippen MR) is 58.7 cm³/mol. The Morgan fingerprint density at radius 1 is 1.47 bits per heavy atom. The molecule has 1 atom stereocenters. The maximum absolute atomic E-state index is 11.2. The maximum atomic E-state index is 11.2. The second kappa shape index (κ2) is 5.36. The number of nitrogens with two attached hydrogens (primary N) is 1. The number of amides is 1. The molecule has 0 heterocycles. The summed E-state index contributed by atoms with van der Waals surface area (Å²) < 4.78 is 5.03. The van der Waals surface area contributed by atoms with Gasteiger partial charge in [-0.25, -0.2) is 0 Å².